The molecule has 5 aromatic carbocycles. The highest BCUT2D eigenvalue weighted by Crippen LogP contribution is 2.60. The molecule has 0 saturated heterocycles. The summed E-state index contributed by atoms with van der Waals surface area (Å²) in [6.45, 7) is 0. The number of benzene rings is 5. The molecular formula is C31H18BN. The number of aromatic nitrogens is 1. The number of hydrogen-bond acceptors (Lipinski definition) is 0. The Hall–Kier alpha value is -4.04. The van der Waals surface area contributed by atoms with Gasteiger partial charge in [0.2, 0.25) is 0 Å². The van der Waals surface area contributed by atoms with E-state index in [1.807, 2.05) is 0 Å². The molecule has 1 aromatic heterocycles. The van der Waals surface area contributed by atoms with Gasteiger partial charge in [-0.05, 0) is 45.5 Å². The van der Waals surface area contributed by atoms with Crippen LogP contribution in [0.3, 0.4) is 0 Å². The van der Waals surface area contributed by atoms with Crippen molar-refractivity contribution in [3.63, 3.8) is 0 Å². The van der Waals surface area contributed by atoms with Gasteiger partial charge in [0.25, 0.3) is 0 Å². The Balaban J connectivity index is 1.71. The van der Waals surface area contributed by atoms with Crippen molar-refractivity contribution in [1.29, 1.82) is 0 Å². The maximum Gasteiger partial charge on any atom is 0.113 e. The Morgan fingerprint density at radius 2 is 1.18 bits per heavy atom. The van der Waals surface area contributed by atoms with E-state index in [-0.39, 0.29) is 5.41 Å². The lowest BCUT2D eigenvalue weighted by molar-refractivity contribution is 0.749. The zero-order valence-electron chi connectivity index (χ0n) is 17.9. The van der Waals surface area contributed by atoms with Gasteiger partial charge in [-0.15, -0.1) is 0 Å². The molecule has 150 valence electrons. The predicted octanol–water partition coefficient (Wildman–Crippen LogP) is 6.25. The molecule has 33 heavy (non-hydrogen) atoms. The van der Waals surface area contributed by atoms with E-state index in [1.165, 1.54) is 60.9 Å². The molecule has 0 unspecified atom stereocenters. The molecule has 1 aliphatic carbocycles. The van der Waals surface area contributed by atoms with Crippen LogP contribution in [-0.2, 0) is 5.41 Å². The summed E-state index contributed by atoms with van der Waals surface area (Å²) in [5.41, 5.74) is 12.0. The average molecular weight is 415 g/mol. The molecule has 0 saturated carbocycles. The van der Waals surface area contributed by atoms with E-state index in [4.69, 9.17) is 7.85 Å². The van der Waals surface area contributed by atoms with Gasteiger partial charge >= 0.3 is 0 Å². The first-order valence-electron chi connectivity index (χ1n) is 11.4. The van der Waals surface area contributed by atoms with Crippen molar-refractivity contribution in [1.82, 2.24) is 4.57 Å². The third kappa shape index (κ3) is 1.89. The van der Waals surface area contributed by atoms with E-state index < -0.39 is 0 Å². The van der Waals surface area contributed by atoms with Gasteiger partial charge in [0.1, 0.15) is 7.85 Å². The minimum Gasteiger partial charge on any atom is -0.309 e. The molecule has 6 aromatic rings. The van der Waals surface area contributed by atoms with Gasteiger partial charge in [-0.1, -0.05) is 103 Å². The molecule has 0 bridgehead atoms. The normalized spacial score (nSPS) is 14.4. The van der Waals surface area contributed by atoms with E-state index in [1.54, 1.807) is 0 Å². The average Bonchev–Trinajstić information content (AvgIpc) is 3.35. The number of nitrogens with zero attached hydrogens (tertiary/aromatic N) is 1. The van der Waals surface area contributed by atoms with Crippen LogP contribution in [0.1, 0.15) is 22.3 Å². The van der Waals surface area contributed by atoms with Gasteiger partial charge in [0.05, 0.1) is 22.1 Å². The van der Waals surface area contributed by atoms with Crippen molar-refractivity contribution in [3.05, 3.63) is 131 Å². The van der Waals surface area contributed by atoms with Crippen LogP contribution >= 0.6 is 0 Å². The van der Waals surface area contributed by atoms with Gasteiger partial charge in [-0.25, -0.2) is 0 Å². The topological polar surface area (TPSA) is 4.93 Å². The SMILES string of the molecule is [B]c1ccc2c(c1)-n1c3ccccc3c3cccc(c31)C21c2ccccc2-c2ccccc21. The Morgan fingerprint density at radius 3 is 1.97 bits per heavy atom. The van der Waals surface area contributed by atoms with Crippen molar-refractivity contribution < 1.29 is 0 Å². The van der Waals surface area contributed by atoms with Crippen molar-refractivity contribution in [2.75, 3.05) is 0 Å². The molecule has 1 aliphatic heterocycles. The highest BCUT2D eigenvalue weighted by Gasteiger charge is 2.50. The first-order valence-corrected chi connectivity index (χ1v) is 11.4. The monoisotopic (exact) mass is 415 g/mol. The molecule has 0 N–H and O–H groups in total. The lowest BCUT2D eigenvalue weighted by Gasteiger charge is -2.39. The highest BCUT2D eigenvalue weighted by atomic mass is 15.0. The van der Waals surface area contributed by atoms with Crippen molar-refractivity contribution >= 4 is 35.1 Å². The van der Waals surface area contributed by atoms with Crippen molar-refractivity contribution in [2.45, 2.75) is 5.41 Å². The largest absolute Gasteiger partial charge is 0.309 e. The highest BCUT2D eigenvalue weighted by molar-refractivity contribution is 6.32. The molecule has 1 nitrogen and oxygen atoms in total. The van der Waals surface area contributed by atoms with Gasteiger partial charge in [-0.3, -0.25) is 0 Å². The quantitative estimate of drug-likeness (QED) is 0.258. The second kappa shape index (κ2) is 5.85. The summed E-state index contributed by atoms with van der Waals surface area (Å²) in [5, 5.41) is 2.57. The third-order valence-corrected chi connectivity index (χ3v) is 7.72. The fraction of sp³-hybridized carbons (Fsp3) is 0.0323. The van der Waals surface area contributed by atoms with E-state index in [0.717, 1.165) is 5.46 Å². The zero-order chi connectivity index (χ0) is 21.7. The number of para-hydroxylation sites is 2. The first-order chi connectivity index (χ1) is 16.3. The van der Waals surface area contributed by atoms with Crippen LogP contribution in [0, 0.1) is 0 Å². The lowest BCUT2D eigenvalue weighted by atomic mass is 9.65. The Morgan fingerprint density at radius 1 is 0.545 bits per heavy atom. The molecule has 0 amide bonds. The summed E-state index contributed by atoms with van der Waals surface area (Å²) in [6, 6.07) is 39.8. The smallest absolute Gasteiger partial charge is 0.113 e. The van der Waals surface area contributed by atoms with Crippen LogP contribution in [0.15, 0.2) is 109 Å². The van der Waals surface area contributed by atoms with Crippen molar-refractivity contribution in [3.8, 4) is 16.8 Å². The summed E-state index contributed by atoms with van der Waals surface area (Å²) in [7, 11) is 6.41. The molecule has 2 aliphatic rings. The van der Waals surface area contributed by atoms with Gasteiger partial charge in [0.15, 0.2) is 0 Å². The summed E-state index contributed by atoms with van der Waals surface area (Å²) < 4.78 is 2.43. The number of hydrogen-bond donors (Lipinski definition) is 0. The van der Waals surface area contributed by atoms with Crippen LogP contribution in [-0.4, -0.2) is 12.4 Å². The van der Waals surface area contributed by atoms with Crippen LogP contribution in [0.4, 0.5) is 0 Å². The predicted molar refractivity (Wildman–Crippen MR) is 137 cm³/mol. The van der Waals surface area contributed by atoms with Crippen LogP contribution in [0.5, 0.6) is 0 Å². The molecule has 0 fully saturated rings. The van der Waals surface area contributed by atoms with Crippen LogP contribution in [0.25, 0.3) is 38.6 Å². The van der Waals surface area contributed by atoms with E-state index in [0.29, 0.717) is 0 Å². The summed E-state index contributed by atoms with van der Waals surface area (Å²) >= 11 is 0. The fourth-order valence-corrected chi connectivity index (χ4v) is 6.58. The molecule has 0 atom stereocenters. The number of rotatable bonds is 0. The number of fused-ring (bicyclic) bond motifs is 12. The third-order valence-electron chi connectivity index (χ3n) is 7.72. The fourth-order valence-electron chi connectivity index (χ4n) is 6.58. The molecule has 1 spiro atoms. The molecule has 8 rings (SSSR count). The van der Waals surface area contributed by atoms with E-state index in [9.17, 15) is 0 Å². The maximum atomic E-state index is 6.41. The lowest BCUT2D eigenvalue weighted by Crippen LogP contribution is -2.34. The van der Waals surface area contributed by atoms with Crippen LogP contribution in [0.2, 0.25) is 0 Å². The standard InChI is InChI=1S/C31H18BN/c32-19-16-17-26-29(18-19)33-28-15-6-3-10-22(28)23-11-7-14-27(30(23)33)31(26)24-12-4-1-8-20(24)21-9-2-5-13-25(21)31/h1-18H. The first kappa shape index (κ1) is 17.5. The van der Waals surface area contributed by atoms with Gasteiger partial charge in [0, 0.05) is 10.8 Å². The molecule has 2 heterocycles. The summed E-state index contributed by atoms with van der Waals surface area (Å²) in [4.78, 5) is 0. The maximum absolute atomic E-state index is 6.41. The van der Waals surface area contributed by atoms with Gasteiger partial charge < -0.3 is 4.57 Å². The van der Waals surface area contributed by atoms with Crippen LogP contribution < -0.4 is 5.46 Å². The minimum absolute atomic E-state index is 0.375. The van der Waals surface area contributed by atoms with E-state index >= 15 is 0 Å². The molecule has 2 heteroatoms. The molecular weight excluding hydrogens is 397 g/mol. The van der Waals surface area contributed by atoms with Crippen molar-refractivity contribution in [2.24, 2.45) is 0 Å². The Labute approximate surface area is 193 Å². The summed E-state index contributed by atoms with van der Waals surface area (Å²) in [5.74, 6) is 0. The molecule has 2 radical (unpaired) electrons. The van der Waals surface area contributed by atoms with Gasteiger partial charge in [-0.2, -0.15) is 0 Å². The Bertz CT molecular complexity index is 1740. The van der Waals surface area contributed by atoms with E-state index in [2.05, 4.69) is 114 Å². The summed E-state index contributed by atoms with van der Waals surface area (Å²) in [6.07, 6.45) is 0. The second-order valence-corrected chi connectivity index (χ2v) is 9.17. The minimum atomic E-state index is -0.375. The second-order valence-electron chi connectivity index (χ2n) is 9.17. The Kier molecular flexibility index (Phi) is 3.10. The zero-order valence-corrected chi connectivity index (χ0v) is 17.9.